The molecule has 7 heteroatoms. The molecular formula is C22H34N6O. The minimum atomic E-state index is 0.0877. The van der Waals surface area contributed by atoms with Gasteiger partial charge >= 0.3 is 0 Å². The van der Waals surface area contributed by atoms with E-state index >= 15 is 0 Å². The third-order valence-electron chi connectivity index (χ3n) is 5.05. The van der Waals surface area contributed by atoms with Gasteiger partial charge in [-0.1, -0.05) is 44.2 Å². The number of aromatic nitrogens is 3. The zero-order valence-electron chi connectivity index (χ0n) is 18.1. The Morgan fingerprint density at radius 2 is 2.10 bits per heavy atom. The van der Waals surface area contributed by atoms with Gasteiger partial charge < -0.3 is 15.4 Å². The maximum atomic E-state index is 5.15. The Hall–Kier alpha value is -2.41. The Labute approximate surface area is 174 Å². The lowest BCUT2D eigenvalue weighted by atomic mass is 9.86. The van der Waals surface area contributed by atoms with Crippen LogP contribution in [-0.2, 0) is 30.7 Å². The van der Waals surface area contributed by atoms with E-state index in [1.807, 2.05) is 4.68 Å². The molecule has 2 aromatic rings. The predicted molar refractivity (Wildman–Crippen MR) is 116 cm³/mol. The van der Waals surface area contributed by atoms with Gasteiger partial charge in [0, 0.05) is 32.7 Å². The van der Waals surface area contributed by atoms with Crippen LogP contribution < -0.4 is 10.6 Å². The van der Waals surface area contributed by atoms with E-state index in [0.29, 0.717) is 6.61 Å². The van der Waals surface area contributed by atoms with Crippen LogP contribution in [0.15, 0.2) is 35.3 Å². The molecule has 1 atom stereocenters. The molecule has 2 N–H and O–H groups in total. The van der Waals surface area contributed by atoms with Gasteiger partial charge in [-0.25, -0.2) is 9.67 Å². The molecule has 0 saturated heterocycles. The highest BCUT2D eigenvalue weighted by atomic mass is 16.5. The van der Waals surface area contributed by atoms with Crippen LogP contribution in [0.1, 0.15) is 44.4 Å². The van der Waals surface area contributed by atoms with Crippen molar-refractivity contribution in [1.29, 1.82) is 0 Å². The van der Waals surface area contributed by atoms with Gasteiger partial charge in [0.2, 0.25) is 0 Å². The van der Waals surface area contributed by atoms with Gasteiger partial charge in [0.25, 0.3) is 0 Å². The first-order chi connectivity index (χ1) is 14.0. The molecule has 0 spiro atoms. The second-order valence-corrected chi connectivity index (χ2v) is 8.46. The highest BCUT2D eigenvalue weighted by molar-refractivity contribution is 5.80. The Bertz CT molecular complexity index is 799. The van der Waals surface area contributed by atoms with E-state index in [4.69, 9.17) is 9.73 Å². The van der Waals surface area contributed by atoms with E-state index in [-0.39, 0.29) is 11.5 Å². The zero-order valence-corrected chi connectivity index (χ0v) is 18.1. The fourth-order valence-electron chi connectivity index (χ4n) is 3.68. The Balaban J connectivity index is 1.60. The summed E-state index contributed by atoms with van der Waals surface area (Å²) in [6.45, 7) is 9.49. The zero-order chi connectivity index (χ0) is 20.7. The van der Waals surface area contributed by atoms with E-state index < -0.39 is 0 Å². The van der Waals surface area contributed by atoms with Gasteiger partial charge in [-0.15, -0.1) is 0 Å². The molecule has 7 nitrogen and oxygen atoms in total. The number of hydrogen-bond donors (Lipinski definition) is 2. The molecule has 29 heavy (non-hydrogen) atoms. The SMILES string of the molecule is CCNC(=NCC(C)(C)Cc1ccccc1)NC1CCc2nc(COC)nn2C1. The summed E-state index contributed by atoms with van der Waals surface area (Å²) in [7, 11) is 1.67. The standard InChI is InChI=1S/C22H34N6O/c1-5-23-21(24-16-22(2,3)13-17-9-7-6-8-10-17)25-18-11-12-20-26-19(15-29-4)27-28(20)14-18/h6-10,18H,5,11-16H2,1-4H3,(H2,23,24,25). The predicted octanol–water partition coefficient (Wildman–Crippen LogP) is 2.56. The van der Waals surface area contributed by atoms with Crippen molar-refractivity contribution >= 4 is 5.96 Å². The van der Waals surface area contributed by atoms with E-state index in [1.54, 1.807) is 7.11 Å². The van der Waals surface area contributed by atoms with Crippen LogP contribution in [0.25, 0.3) is 0 Å². The maximum Gasteiger partial charge on any atom is 0.191 e. The summed E-state index contributed by atoms with van der Waals surface area (Å²) in [5.74, 6) is 2.67. The fraction of sp³-hybridized carbons (Fsp3) is 0.591. The number of nitrogens with one attached hydrogen (secondary N) is 2. The molecule has 1 aromatic heterocycles. The number of guanidine groups is 1. The van der Waals surface area contributed by atoms with Crippen LogP contribution in [0.5, 0.6) is 0 Å². The number of rotatable bonds is 8. The molecular weight excluding hydrogens is 364 g/mol. The first-order valence-electron chi connectivity index (χ1n) is 10.5. The smallest absolute Gasteiger partial charge is 0.191 e. The molecule has 2 heterocycles. The molecule has 3 rings (SSSR count). The van der Waals surface area contributed by atoms with Gasteiger partial charge in [0.15, 0.2) is 11.8 Å². The van der Waals surface area contributed by atoms with E-state index in [0.717, 1.165) is 56.5 Å². The summed E-state index contributed by atoms with van der Waals surface area (Å²) in [6.07, 6.45) is 2.93. The third kappa shape index (κ3) is 6.29. The van der Waals surface area contributed by atoms with Crippen LogP contribution in [-0.4, -0.2) is 47.0 Å². The number of aryl methyl sites for hydroxylation is 1. The normalized spacial score (nSPS) is 17.1. The number of ether oxygens (including phenoxy) is 1. The highest BCUT2D eigenvalue weighted by Gasteiger charge is 2.23. The van der Waals surface area contributed by atoms with Gasteiger partial charge in [0.1, 0.15) is 12.4 Å². The topological polar surface area (TPSA) is 76.4 Å². The summed E-state index contributed by atoms with van der Waals surface area (Å²) < 4.78 is 7.15. The number of methoxy groups -OCH3 is 1. The maximum absolute atomic E-state index is 5.15. The van der Waals surface area contributed by atoms with Crippen molar-refractivity contribution in [2.24, 2.45) is 10.4 Å². The van der Waals surface area contributed by atoms with Crippen molar-refractivity contribution in [2.45, 2.75) is 59.2 Å². The summed E-state index contributed by atoms with van der Waals surface area (Å²) in [5, 5.41) is 11.5. The first kappa shape index (κ1) is 21.3. The van der Waals surface area contributed by atoms with Gasteiger partial charge in [-0.3, -0.25) is 4.99 Å². The monoisotopic (exact) mass is 398 g/mol. The second kappa shape index (κ2) is 9.87. The third-order valence-corrected chi connectivity index (χ3v) is 5.05. The quantitative estimate of drug-likeness (QED) is 0.528. The van der Waals surface area contributed by atoms with Gasteiger partial charge in [-0.2, -0.15) is 5.10 Å². The number of benzene rings is 1. The van der Waals surface area contributed by atoms with Crippen molar-refractivity contribution in [3.05, 3.63) is 47.5 Å². The van der Waals surface area contributed by atoms with Crippen molar-refractivity contribution in [3.63, 3.8) is 0 Å². The molecule has 0 saturated carbocycles. The molecule has 0 bridgehead atoms. The largest absolute Gasteiger partial charge is 0.377 e. The molecule has 0 radical (unpaired) electrons. The van der Waals surface area contributed by atoms with Crippen LogP contribution >= 0.6 is 0 Å². The summed E-state index contributed by atoms with van der Waals surface area (Å²) >= 11 is 0. The van der Waals surface area contributed by atoms with E-state index in [9.17, 15) is 0 Å². The Morgan fingerprint density at radius 1 is 1.31 bits per heavy atom. The van der Waals surface area contributed by atoms with Crippen LogP contribution in [0.4, 0.5) is 0 Å². The molecule has 0 fully saturated rings. The number of hydrogen-bond acceptors (Lipinski definition) is 4. The molecule has 0 amide bonds. The molecule has 1 aliphatic rings. The highest BCUT2D eigenvalue weighted by Crippen LogP contribution is 2.22. The lowest BCUT2D eigenvalue weighted by Gasteiger charge is -2.27. The Kier molecular flexibility index (Phi) is 7.25. The van der Waals surface area contributed by atoms with Crippen molar-refractivity contribution in [2.75, 3.05) is 20.2 Å². The van der Waals surface area contributed by atoms with Crippen molar-refractivity contribution in [1.82, 2.24) is 25.4 Å². The second-order valence-electron chi connectivity index (χ2n) is 8.46. The summed E-state index contributed by atoms with van der Waals surface area (Å²) in [5.41, 5.74) is 1.44. The van der Waals surface area contributed by atoms with Crippen LogP contribution in [0, 0.1) is 5.41 Å². The molecule has 1 aromatic carbocycles. The number of nitrogens with zero attached hydrogens (tertiary/aromatic N) is 4. The summed E-state index contributed by atoms with van der Waals surface area (Å²) in [4.78, 5) is 9.45. The lowest BCUT2D eigenvalue weighted by molar-refractivity contribution is 0.177. The molecule has 1 unspecified atom stereocenters. The first-order valence-corrected chi connectivity index (χ1v) is 10.5. The van der Waals surface area contributed by atoms with E-state index in [2.05, 4.69) is 71.8 Å². The average molecular weight is 399 g/mol. The van der Waals surface area contributed by atoms with Gasteiger partial charge in [-0.05, 0) is 30.7 Å². The lowest BCUT2D eigenvalue weighted by Crippen LogP contribution is -2.47. The van der Waals surface area contributed by atoms with Crippen molar-refractivity contribution < 1.29 is 4.74 Å². The fourth-order valence-corrected chi connectivity index (χ4v) is 3.68. The van der Waals surface area contributed by atoms with Crippen molar-refractivity contribution in [3.8, 4) is 0 Å². The average Bonchev–Trinajstić information content (AvgIpc) is 3.09. The van der Waals surface area contributed by atoms with Crippen LogP contribution in [0.3, 0.4) is 0 Å². The summed E-state index contributed by atoms with van der Waals surface area (Å²) in [6, 6.07) is 10.9. The Morgan fingerprint density at radius 3 is 2.83 bits per heavy atom. The molecule has 0 aliphatic carbocycles. The number of fused-ring (bicyclic) bond motifs is 1. The minimum absolute atomic E-state index is 0.0877. The van der Waals surface area contributed by atoms with Gasteiger partial charge in [0.05, 0.1) is 6.54 Å². The van der Waals surface area contributed by atoms with Crippen LogP contribution in [0.2, 0.25) is 0 Å². The number of aliphatic imine (C=N–C) groups is 1. The van der Waals surface area contributed by atoms with E-state index in [1.165, 1.54) is 5.56 Å². The minimum Gasteiger partial charge on any atom is -0.377 e. The molecule has 158 valence electrons. The molecule has 1 aliphatic heterocycles.